The van der Waals surface area contributed by atoms with Crippen molar-refractivity contribution >= 4 is 29.0 Å². The minimum absolute atomic E-state index is 0.271. The zero-order chi connectivity index (χ0) is 20.2. The maximum atomic E-state index is 11.7. The van der Waals surface area contributed by atoms with Crippen molar-refractivity contribution in [2.45, 2.75) is 39.5 Å². The molecule has 2 aliphatic rings. The quantitative estimate of drug-likeness (QED) is 0.506. The first-order valence-electron chi connectivity index (χ1n) is 10.7. The van der Waals surface area contributed by atoms with Gasteiger partial charge in [-0.1, -0.05) is 36.8 Å². The summed E-state index contributed by atoms with van der Waals surface area (Å²) in [5.41, 5.74) is 7.29. The molecule has 1 aromatic heterocycles. The fraction of sp³-hybridized carbons (Fsp3) is 0.400. The molecule has 0 radical (unpaired) electrons. The third-order valence-electron chi connectivity index (χ3n) is 5.94. The Bertz CT molecular complexity index is 943. The maximum absolute atomic E-state index is 11.7. The van der Waals surface area contributed by atoms with Gasteiger partial charge in [0.2, 0.25) is 0 Å². The van der Waals surface area contributed by atoms with Crippen LogP contribution in [0.5, 0.6) is 0 Å². The summed E-state index contributed by atoms with van der Waals surface area (Å²) >= 11 is 1.81. The largest absolute Gasteiger partial charge is 0.463 e. The molecule has 152 valence electrons. The van der Waals surface area contributed by atoms with Crippen molar-refractivity contribution in [3.63, 3.8) is 0 Å². The minimum atomic E-state index is -0.271. The monoisotopic (exact) mass is 407 g/mol. The molecule has 0 N–H and O–H groups in total. The van der Waals surface area contributed by atoms with Crippen molar-refractivity contribution in [1.29, 1.82) is 0 Å². The van der Waals surface area contributed by atoms with Crippen LogP contribution in [0.1, 0.15) is 53.1 Å². The van der Waals surface area contributed by atoms with Crippen LogP contribution in [-0.2, 0) is 22.4 Å². The molecule has 0 amide bonds. The summed E-state index contributed by atoms with van der Waals surface area (Å²) in [6.45, 7) is 7.91. The zero-order valence-electron chi connectivity index (χ0n) is 17.4. The van der Waals surface area contributed by atoms with Crippen LogP contribution in [0.2, 0.25) is 0 Å². The van der Waals surface area contributed by atoms with E-state index in [0.717, 1.165) is 50.2 Å². The van der Waals surface area contributed by atoms with Gasteiger partial charge in [0, 0.05) is 28.9 Å². The standard InChI is InChI=1S/C25H29NO2S/c1-3-26-15-13-19(14-16-26)25-21-8-6-5-7-18(21)9-11-23-22(25)17-20(29-23)10-12-24(27)28-4-2/h5-8,10,12,17H,3-4,9,11,13-16H2,1-2H3. The van der Waals surface area contributed by atoms with E-state index < -0.39 is 0 Å². The molecule has 1 aliphatic heterocycles. The lowest BCUT2D eigenvalue weighted by molar-refractivity contribution is -0.137. The van der Waals surface area contributed by atoms with E-state index in [1.807, 2.05) is 24.3 Å². The number of carbonyl (C=O) groups is 1. The van der Waals surface area contributed by atoms with E-state index in [2.05, 4.69) is 42.2 Å². The molecule has 2 aromatic rings. The first-order valence-corrected chi connectivity index (χ1v) is 11.5. The first kappa shape index (κ1) is 20.1. The highest BCUT2D eigenvalue weighted by Crippen LogP contribution is 2.42. The molecular formula is C25H29NO2S. The lowest BCUT2D eigenvalue weighted by atomic mass is 9.87. The molecular weight excluding hydrogens is 378 g/mol. The summed E-state index contributed by atoms with van der Waals surface area (Å²) in [4.78, 5) is 16.8. The van der Waals surface area contributed by atoms with Crippen molar-refractivity contribution in [2.75, 3.05) is 26.2 Å². The van der Waals surface area contributed by atoms with E-state index in [0.29, 0.717) is 6.61 Å². The van der Waals surface area contributed by atoms with Gasteiger partial charge in [-0.05, 0) is 73.6 Å². The Morgan fingerprint density at radius 2 is 1.90 bits per heavy atom. The molecule has 2 heterocycles. The van der Waals surface area contributed by atoms with Gasteiger partial charge in [0.15, 0.2) is 0 Å². The van der Waals surface area contributed by atoms with Crippen molar-refractivity contribution in [2.24, 2.45) is 0 Å². The summed E-state index contributed by atoms with van der Waals surface area (Å²) in [6, 6.07) is 11.2. The molecule has 3 nitrogen and oxygen atoms in total. The highest BCUT2D eigenvalue weighted by atomic mass is 32.1. The average molecular weight is 408 g/mol. The Morgan fingerprint density at radius 3 is 2.66 bits per heavy atom. The van der Waals surface area contributed by atoms with Gasteiger partial charge < -0.3 is 9.64 Å². The van der Waals surface area contributed by atoms with Gasteiger partial charge in [-0.15, -0.1) is 11.3 Å². The Kier molecular flexibility index (Phi) is 6.31. The molecule has 0 unspecified atom stereocenters. The number of nitrogens with zero attached hydrogens (tertiary/aromatic N) is 1. The number of hydrogen-bond acceptors (Lipinski definition) is 4. The van der Waals surface area contributed by atoms with Gasteiger partial charge in [0.25, 0.3) is 0 Å². The fourth-order valence-electron chi connectivity index (χ4n) is 4.41. The van der Waals surface area contributed by atoms with E-state index >= 15 is 0 Å². The Hall–Kier alpha value is -2.17. The third kappa shape index (κ3) is 4.39. The van der Waals surface area contributed by atoms with Gasteiger partial charge in [-0.25, -0.2) is 4.79 Å². The Labute approximate surface area is 177 Å². The number of ether oxygens (including phenoxy) is 1. The number of benzene rings is 1. The van der Waals surface area contributed by atoms with Crippen LogP contribution < -0.4 is 0 Å². The van der Waals surface area contributed by atoms with Crippen LogP contribution in [0.3, 0.4) is 0 Å². The summed E-state index contributed by atoms with van der Waals surface area (Å²) in [7, 11) is 0. The molecule has 29 heavy (non-hydrogen) atoms. The second kappa shape index (κ2) is 9.10. The molecule has 4 rings (SSSR count). The minimum Gasteiger partial charge on any atom is -0.463 e. The van der Waals surface area contributed by atoms with Crippen molar-refractivity contribution in [1.82, 2.24) is 4.90 Å². The fourth-order valence-corrected chi connectivity index (χ4v) is 5.49. The highest BCUT2D eigenvalue weighted by molar-refractivity contribution is 7.13. The zero-order valence-corrected chi connectivity index (χ0v) is 18.2. The Morgan fingerprint density at radius 1 is 1.10 bits per heavy atom. The second-order valence-electron chi connectivity index (χ2n) is 7.64. The van der Waals surface area contributed by atoms with E-state index in [4.69, 9.17) is 4.74 Å². The predicted octanol–water partition coefficient (Wildman–Crippen LogP) is 5.34. The van der Waals surface area contributed by atoms with Crippen LogP contribution in [0.4, 0.5) is 0 Å². The van der Waals surface area contributed by atoms with Crippen molar-refractivity contribution in [3.05, 3.63) is 68.4 Å². The second-order valence-corrected chi connectivity index (χ2v) is 8.81. The van der Waals surface area contributed by atoms with Gasteiger partial charge >= 0.3 is 5.97 Å². The summed E-state index contributed by atoms with van der Waals surface area (Å²) < 4.78 is 5.03. The molecule has 1 aromatic carbocycles. The van der Waals surface area contributed by atoms with Crippen LogP contribution in [0, 0.1) is 0 Å². The molecule has 0 saturated carbocycles. The third-order valence-corrected chi connectivity index (χ3v) is 7.10. The molecule has 4 heteroatoms. The number of piperidine rings is 1. The molecule has 0 atom stereocenters. The lowest BCUT2D eigenvalue weighted by Crippen LogP contribution is -2.30. The SMILES string of the molecule is CCOC(=O)C=Cc1cc2c(s1)CCc1ccccc1C2=C1CCN(CC)CC1. The van der Waals surface area contributed by atoms with Crippen molar-refractivity contribution < 1.29 is 9.53 Å². The summed E-state index contributed by atoms with van der Waals surface area (Å²) in [5.74, 6) is -0.271. The number of likely N-dealkylation sites (tertiary alicyclic amines) is 1. The van der Waals surface area contributed by atoms with E-state index in [9.17, 15) is 4.79 Å². The van der Waals surface area contributed by atoms with Gasteiger partial charge in [0.1, 0.15) is 0 Å². The summed E-state index contributed by atoms with van der Waals surface area (Å²) in [6.07, 6.45) is 7.87. The van der Waals surface area contributed by atoms with E-state index in [1.165, 1.54) is 27.1 Å². The molecule has 1 fully saturated rings. The van der Waals surface area contributed by atoms with Crippen molar-refractivity contribution in [3.8, 4) is 0 Å². The first-order chi connectivity index (χ1) is 14.2. The number of rotatable bonds is 4. The number of carbonyl (C=O) groups excluding carboxylic acids is 1. The number of hydrogen-bond donors (Lipinski definition) is 0. The average Bonchev–Trinajstić information content (AvgIpc) is 3.08. The number of fused-ring (bicyclic) bond motifs is 2. The smallest absolute Gasteiger partial charge is 0.330 e. The number of thiophene rings is 1. The molecule has 1 saturated heterocycles. The number of esters is 1. The van der Waals surface area contributed by atoms with Crippen LogP contribution in [0.15, 0.2) is 42.0 Å². The molecule has 1 aliphatic carbocycles. The van der Waals surface area contributed by atoms with Crippen LogP contribution in [0.25, 0.3) is 11.6 Å². The van der Waals surface area contributed by atoms with Gasteiger partial charge in [-0.2, -0.15) is 0 Å². The normalized spacial score (nSPS) is 17.2. The molecule has 0 spiro atoms. The molecule has 0 bridgehead atoms. The van der Waals surface area contributed by atoms with Gasteiger partial charge in [-0.3, -0.25) is 0 Å². The van der Waals surface area contributed by atoms with Crippen LogP contribution >= 0.6 is 11.3 Å². The van der Waals surface area contributed by atoms with Gasteiger partial charge in [0.05, 0.1) is 6.61 Å². The summed E-state index contributed by atoms with van der Waals surface area (Å²) in [5, 5.41) is 0. The Balaban J connectivity index is 1.75. The predicted molar refractivity (Wildman–Crippen MR) is 121 cm³/mol. The van der Waals surface area contributed by atoms with E-state index in [1.54, 1.807) is 11.6 Å². The maximum Gasteiger partial charge on any atom is 0.330 e. The highest BCUT2D eigenvalue weighted by Gasteiger charge is 2.25. The van der Waals surface area contributed by atoms with Crippen LogP contribution in [-0.4, -0.2) is 37.1 Å². The van der Waals surface area contributed by atoms with E-state index in [-0.39, 0.29) is 5.97 Å². The number of aryl methyl sites for hydroxylation is 2. The topological polar surface area (TPSA) is 29.5 Å². The lowest BCUT2D eigenvalue weighted by Gasteiger charge is -2.29.